The van der Waals surface area contributed by atoms with Crippen LogP contribution in [0.5, 0.6) is 0 Å². The highest BCUT2D eigenvalue weighted by molar-refractivity contribution is 7.87. The molecule has 9 heteroatoms. The molecule has 24 heavy (non-hydrogen) atoms. The Balaban J connectivity index is 2.16. The van der Waals surface area contributed by atoms with Gasteiger partial charge in [-0.15, -0.1) is 0 Å². The molecular formula is C15H31FN2O5S. The molecule has 0 spiro atoms. The summed E-state index contributed by atoms with van der Waals surface area (Å²) in [7, 11) is -3.88. The van der Waals surface area contributed by atoms with E-state index in [1.165, 1.54) is 25.7 Å². The molecule has 0 saturated carbocycles. The Morgan fingerprint density at radius 3 is 2.12 bits per heavy atom. The van der Waals surface area contributed by atoms with Gasteiger partial charge in [-0.25, -0.2) is 9.11 Å². The van der Waals surface area contributed by atoms with Gasteiger partial charge in [0.15, 0.2) is 6.23 Å². The van der Waals surface area contributed by atoms with Crippen molar-refractivity contribution in [2.75, 3.05) is 13.2 Å². The first-order valence-corrected chi connectivity index (χ1v) is 10.2. The van der Waals surface area contributed by atoms with Crippen LogP contribution in [0.3, 0.4) is 0 Å². The average Bonchev–Trinajstić information content (AvgIpc) is 2.80. The summed E-state index contributed by atoms with van der Waals surface area (Å²) < 4.78 is 45.7. The maximum atomic E-state index is 12.6. The van der Waals surface area contributed by atoms with Crippen molar-refractivity contribution in [3.63, 3.8) is 0 Å². The van der Waals surface area contributed by atoms with Gasteiger partial charge >= 0.3 is 0 Å². The third-order valence-electron chi connectivity index (χ3n) is 4.11. The van der Waals surface area contributed by atoms with Gasteiger partial charge in [0, 0.05) is 6.54 Å². The number of unbranched alkanes of at least 4 members (excludes halogenated alkanes) is 7. The van der Waals surface area contributed by atoms with Crippen LogP contribution in [0.25, 0.3) is 0 Å². The Morgan fingerprint density at radius 2 is 1.58 bits per heavy atom. The van der Waals surface area contributed by atoms with Gasteiger partial charge in [0.05, 0.1) is 0 Å². The molecule has 4 atom stereocenters. The van der Waals surface area contributed by atoms with E-state index in [9.17, 15) is 23.0 Å². The van der Waals surface area contributed by atoms with E-state index in [0.29, 0.717) is 0 Å². The Kier molecular flexibility index (Phi) is 10.3. The van der Waals surface area contributed by atoms with E-state index in [0.717, 1.165) is 25.7 Å². The molecule has 1 heterocycles. The highest BCUT2D eigenvalue weighted by Crippen LogP contribution is 2.20. The lowest BCUT2D eigenvalue weighted by Gasteiger charge is -2.16. The van der Waals surface area contributed by atoms with Crippen molar-refractivity contribution >= 4 is 10.2 Å². The minimum atomic E-state index is -3.88. The van der Waals surface area contributed by atoms with Crippen LogP contribution < -0.4 is 9.44 Å². The molecule has 1 aliphatic heterocycles. The van der Waals surface area contributed by atoms with Gasteiger partial charge in [-0.2, -0.15) is 13.1 Å². The molecule has 7 nitrogen and oxygen atoms in total. The topological polar surface area (TPSA) is 108 Å². The van der Waals surface area contributed by atoms with E-state index in [-0.39, 0.29) is 6.54 Å². The van der Waals surface area contributed by atoms with Crippen molar-refractivity contribution in [3.8, 4) is 0 Å². The number of alkyl halides is 1. The molecule has 0 radical (unpaired) electrons. The first kappa shape index (κ1) is 21.7. The first-order chi connectivity index (χ1) is 11.4. The monoisotopic (exact) mass is 370 g/mol. The zero-order valence-electron chi connectivity index (χ0n) is 14.3. The van der Waals surface area contributed by atoms with E-state index < -0.39 is 41.4 Å². The minimum absolute atomic E-state index is 0.280. The fourth-order valence-electron chi connectivity index (χ4n) is 2.63. The smallest absolute Gasteiger partial charge is 0.279 e. The van der Waals surface area contributed by atoms with E-state index >= 15 is 0 Å². The van der Waals surface area contributed by atoms with Crippen molar-refractivity contribution < 1.29 is 27.8 Å². The molecule has 1 unspecified atom stereocenters. The zero-order chi connectivity index (χ0) is 18.0. The Labute approximate surface area is 144 Å². The predicted molar refractivity (Wildman–Crippen MR) is 89.3 cm³/mol. The van der Waals surface area contributed by atoms with Gasteiger partial charge in [-0.1, -0.05) is 51.9 Å². The van der Waals surface area contributed by atoms with Gasteiger partial charge < -0.3 is 14.9 Å². The lowest BCUT2D eigenvalue weighted by molar-refractivity contribution is -0.00840. The van der Waals surface area contributed by atoms with E-state index in [1.807, 2.05) is 0 Å². The summed E-state index contributed by atoms with van der Waals surface area (Å²) in [4.78, 5) is 0. The van der Waals surface area contributed by atoms with E-state index in [2.05, 4.69) is 16.4 Å². The third kappa shape index (κ3) is 7.71. The van der Waals surface area contributed by atoms with Crippen LogP contribution in [0, 0.1) is 0 Å². The second kappa shape index (κ2) is 11.3. The molecule has 0 aromatic heterocycles. The fraction of sp³-hybridized carbons (Fsp3) is 1.00. The van der Waals surface area contributed by atoms with Crippen LogP contribution in [0.2, 0.25) is 0 Å². The number of hydrogen-bond acceptors (Lipinski definition) is 5. The van der Waals surface area contributed by atoms with Crippen molar-refractivity contribution in [3.05, 3.63) is 0 Å². The molecule has 0 amide bonds. The van der Waals surface area contributed by atoms with Crippen molar-refractivity contribution in [2.24, 2.45) is 0 Å². The van der Waals surface area contributed by atoms with Gasteiger partial charge in [-0.3, -0.25) is 0 Å². The van der Waals surface area contributed by atoms with Crippen LogP contribution in [0.4, 0.5) is 4.39 Å². The Bertz CT molecular complexity index is 438. The summed E-state index contributed by atoms with van der Waals surface area (Å²) >= 11 is 0. The molecule has 0 aromatic carbocycles. The quantitative estimate of drug-likeness (QED) is 0.361. The molecule has 4 N–H and O–H groups in total. The molecular weight excluding hydrogens is 339 g/mol. The molecule has 0 aromatic rings. The van der Waals surface area contributed by atoms with Crippen LogP contribution in [-0.4, -0.2) is 56.4 Å². The summed E-state index contributed by atoms with van der Waals surface area (Å²) in [5.41, 5.74) is 0. The summed E-state index contributed by atoms with van der Waals surface area (Å²) in [6.45, 7) is 1.46. The molecule has 1 rings (SSSR count). The SMILES string of the molecule is CCCCCCCCCCNS(=O)(=O)NC1O[C@H](CF)[C@@H](O)[C@@H]1O. The number of aliphatic hydroxyl groups is 2. The van der Waals surface area contributed by atoms with Crippen LogP contribution in [-0.2, 0) is 14.9 Å². The summed E-state index contributed by atoms with van der Waals surface area (Å²) in [6.07, 6.45) is 3.34. The van der Waals surface area contributed by atoms with Crippen molar-refractivity contribution in [2.45, 2.75) is 82.8 Å². The third-order valence-corrected chi connectivity index (χ3v) is 5.23. The largest absolute Gasteiger partial charge is 0.387 e. The first-order valence-electron chi connectivity index (χ1n) is 8.75. The van der Waals surface area contributed by atoms with Gasteiger partial charge in [-0.05, 0) is 6.42 Å². The molecule has 1 saturated heterocycles. The maximum Gasteiger partial charge on any atom is 0.279 e. The highest BCUT2D eigenvalue weighted by Gasteiger charge is 2.44. The number of aliphatic hydroxyl groups excluding tert-OH is 2. The second-order valence-corrected chi connectivity index (χ2v) is 7.75. The van der Waals surface area contributed by atoms with Crippen molar-refractivity contribution in [1.29, 1.82) is 0 Å². The van der Waals surface area contributed by atoms with Gasteiger partial charge in [0.2, 0.25) is 0 Å². The molecule has 1 aliphatic rings. The molecule has 0 aliphatic carbocycles. The number of rotatable bonds is 13. The summed E-state index contributed by atoms with van der Waals surface area (Å²) in [6, 6.07) is 0. The van der Waals surface area contributed by atoms with E-state index in [1.54, 1.807) is 0 Å². The summed E-state index contributed by atoms with van der Waals surface area (Å²) in [5.74, 6) is 0. The average molecular weight is 370 g/mol. The fourth-order valence-corrected chi connectivity index (χ4v) is 3.63. The molecule has 0 bridgehead atoms. The minimum Gasteiger partial charge on any atom is -0.387 e. The normalized spacial score (nSPS) is 27.7. The zero-order valence-corrected chi connectivity index (χ0v) is 15.1. The Hall–Kier alpha value is -0.320. The number of nitrogens with one attached hydrogen (secondary N) is 2. The van der Waals surface area contributed by atoms with Crippen LogP contribution in [0.1, 0.15) is 58.3 Å². The van der Waals surface area contributed by atoms with Crippen molar-refractivity contribution in [1.82, 2.24) is 9.44 Å². The number of hydrogen-bond donors (Lipinski definition) is 4. The second-order valence-electron chi connectivity index (χ2n) is 6.22. The predicted octanol–water partition coefficient (Wildman–Crippen LogP) is 0.967. The van der Waals surface area contributed by atoms with Crippen LogP contribution >= 0.6 is 0 Å². The number of ether oxygens (including phenoxy) is 1. The standard InChI is InChI=1S/C15H31FN2O5S/c1-2-3-4-5-6-7-8-9-10-17-24(21,22)18-15-14(20)13(19)12(11-16)23-15/h12-15,17-20H,2-11H2,1H3/t12-,13-,14+,15?/m1/s1. The van der Waals surface area contributed by atoms with Gasteiger partial charge in [0.25, 0.3) is 10.2 Å². The van der Waals surface area contributed by atoms with Gasteiger partial charge in [0.1, 0.15) is 25.0 Å². The highest BCUT2D eigenvalue weighted by atomic mass is 32.2. The lowest BCUT2D eigenvalue weighted by Crippen LogP contribution is -2.48. The molecule has 1 fully saturated rings. The maximum absolute atomic E-state index is 12.6. The number of halogens is 1. The van der Waals surface area contributed by atoms with E-state index in [4.69, 9.17) is 4.74 Å². The summed E-state index contributed by atoms with van der Waals surface area (Å²) in [5, 5.41) is 19.2. The molecule has 144 valence electrons. The van der Waals surface area contributed by atoms with Crippen LogP contribution in [0.15, 0.2) is 0 Å². The Morgan fingerprint density at radius 1 is 1.00 bits per heavy atom. The lowest BCUT2D eigenvalue weighted by atomic mass is 10.1.